The molecule has 6 atom stereocenters. The Morgan fingerprint density at radius 1 is 1.10 bits per heavy atom. The van der Waals surface area contributed by atoms with Crippen LogP contribution in [0.5, 0.6) is 0 Å². The highest BCUT2D eigenvalue weighted by Crippen LogP contribution is 2.73. The molecule has 0 N–H and O–H groups in total. The molecule has 3 heteroatoms. The molecule has 5 rings (SSSR count). The fourth-order valence-corrected chi connectivity index (χ4v) is 7.01. The molecule has 2 aromatic rings. The number of carbonyl (C=O) groups is 1. The molecular formula is C28H34O3. The number of esters is 1. The molecule has 2 saturated carbocycles. The van der Waals surface area contributed by atoms with E-state index >= 15 is 0 Å². The summed E-state index contributed by atoms with van der Waals surface area (Å²) in [5.74, 6) is 1.76. The molecule has 164 valence electrons. The van der Waals surface area contributed by atoms with Gasteiger partial charge in [-0.05, 0) is 65.3 Å². The first-order chi connectivity index (χ1) is 14.8. The maximum absolute atomic E-state index is 13.3. The average molecular weight is 419 g/mol. The van der Waals surface area contributed by atoms with Crippen LogP contribution >= 0.6 is 0 Å². The summed E-state index contributed by atoms with van der Waals surface area (Å²) in [6.07, 6.45) is 4.69. The van der Waals surface area contributed by atoms with Crippen molar-refractivity contribution in [1.82, 2.24) is 0 Å². The van der Waals surface area contributed by atoms with Gasteiger partial charge in [0.1, 0.15) is 6.10 Å². The predicted octanol–water partition coefficient (Wildman–Crippen LogP) is 6.48. The van der Waals surface area contributed by atoms with Gasteiger partial charge in [0.2, 0.25) is 0 Å². The van der Waals surface area contributed by atoms with Crippen LogP contribution in [0.1, 0.15) is 58.6 Å². The SMILES string of the molecule is CO[C@H](C(=O)O[C@H]1CC=C(C)[C@@H]2[C@@H]3[C@H](CC[C@@]12C)C3(C)C)c1ccc2ccccc2c1. The molecule has 0 aliphatic heterocycles. The fraction of sp³-hybridized carbons (Fsp3) is 0.536. The number of allylic oxidation sites excluding steroid dienone is 1. The summed E-state index contributed by atoms with van der Waals surface area (Å²) >= 11 is 0. The van der Waals surface area contributed by atoms with E-state index in [0.717, 1.165) is 35.1 Å². The van der Waals surface area contributed by atoms with Crippen molar-refractivity contribution in [2.45, 2.75) is 59.2 Å². The van der Waals surface area contributed by atoms with E-state index in [1.807, 2.05) is 30.3 Å². The molecule has 0 amide bonds. The van der Waals surface area contributed by atoms with E-state index in [0.29, 0.717) is 17.3 Å². The van der Waals surface area contributed by atoms with Crippen LogP contribution in [0.2, 0.25) is 0 Å². The number of hydrogen-bond donors (Lipinski definition) is 0. The van der Waals surface area contributed by atoms with Gasteiger partial charge in [-0.2, -0.15) is 0 Å². The average Bonchev–Trinajstić information content (AvgIpc) is 3.31. The van der Waals surface area contributed by atoms with Crippen molar-refractivity contribution in [2.75, 3.05) is 7.11 Å². The molecule has 0 aromatic heterocycles. The molecule has 3 aliphatic carbocycles. The van der Waals surface area contributed by atoms with Crippen molar-refractivity contribution in [3.05, 3.63) is 59.7 Å². The second-order valence-corrected chi connectivity index (χ2v) is 10.8. The molecule has 2 fully saturated rings. The molecule has 0 saturated heterocycles. The Hall–Kier alpha value is -2.13. The van der Waals surface area contributed by atoms with E-state index in [4.69, 9.17) is 9.47 Å². The number of hydrogen-bond acceptors (Lipinski definition) is 3. The normalized spacial score (nSPS) is 34.3. The number of rotatable bonds is 4. The number of carbonyl (C=O) groups excluding carboxylic acids is 1. The van der Waals surface area contributed by atoms with Crippen LogP contribution in [-0.4, -0.2) is 19.2 Å². The number of ether oxygens (including phenoxy) is 2. The van der Waals surface area contributed by atoms with E-state index in [2.05, 4.69) is 45.9 Å². The summed E-state index contributed by atoms with van der Waals surface area (Å²) in [6, 6.07) is 14.2. The molecule has 3 aliphatic rings. The third-order valence-corrected chi connectivity index (χ3v) is 8.87. The topological polar surface area (TPSA) is 35.5 Å². The van der Waals surface area contributed by atoms with Gasteiger partial charge in [-0.1, -0.05) is 68.8 Å². The Bertz CT molecular complexity index is 1050. The molecule has 0 heterocycles. The van der Waals surface area contributed by atoms with Gasteiger partial charge in [-0.3, -0.25) is 0 Å². The first kappa shape index (κ1) is 20.8. The van der Waals surface area contributed by atoms with Gasteiger partial charge in [-0.25, -0.2) is 4.79 Å². The van der Waals surface area contributed by atoms with Crippen LogP contribution < -0.4 is 0 Å². The third kappa shape index (κ3) is 3.16. The van der Waals surface area contributed by atoms with Crippen LogP contribution in [-0.2, 0) is 14.3 Å². The zero-order valence-corrected chi connectivity index (χ0v) is 19.4. The van der Waals surface area contributed by atoms with E-state index in [1.165, 1.54) is 12.0 Å². The van der Waals surface area contributed by atoms with E-state index in [9.17, 15) is 4.79 Å². The lowest BCUT2D eigenvalue weighted by molar-refractivity contribution is -0.173. The monoisotopic (exact) mass is 418 g/mol. The highest BCUT2D eigenvalue weighted by Gasteiger charge is 2.68. The maximum Gasteiger partial charge on any atom is 0.340 e. The van der Waals surface area contributed by atoms with Gasteiger partial charge < -0.3 is 9.47 Å². The lowest BCUT2D eigenvalue weighted by Crippen LogP contribution is -2.48. The summed E-state index contributed by atoms with van der Waals surface area (Å²) in [4.78, 5) is 13.3. The molecule has 2 aromatic carbocycles. The summed E-state index contributed by atoms with van der Waals surface area (Å²) in [5.41, 5.74) is 2.75. The number of methoxy groups -OCH3 is 1. The van der Waals surface area contributed by atoms with Crippen molar-refractivity contribution in [1.29, 1.82) is 0 Å². The van der Waals surface area contributed by atoms with Gasteiger partial charge in [0.15, 0.2) is 6.10 Å². The predicted molar refractivity (Wildman–Crippen MR) is 124 cm³/mol. The van der Waals surface area contributed by atoms with E-state index < -0.39 is 6.10 Å². The Labute approximate surface area is 185 Å². The summed E-state index contributed by atoms with van der Waals surface area (Å²) < 4.78 is 11.9. The van der Waals surface area contributed by atoms with Crippen LogP contribution in [0.25, 0.3) is 10.8 Å². The molecular weight excluding hydrogens is 384 g/mol. The first-order valence-corrected chi connectivity index (χ1v) is 11.7. The summed E-state index contributed by atoms with van der Waals surface area (Å²) in [5, 5.41) is 2.26. The van der Waals surface area contributed by atoms with Crippen LogP contribution in [0.15, 0.2) is 54.1 Å². The van der Waals surface area contributed by atoms with Crippen molar-refractivity contribution in [3.63, 3.8) is 0 Å². The maximum atomic E-state index is 13.3. The minimum atomic E-state index is -0.702. The zero-order valence-electron chi connectivity index (χ0n) is 19.4. The minimum absolute atomic E-state index is 0.00507. The van der Waals surface area contributed by atoms with E-state index in [-0.39, 0.29) is 17.5 Å². The highest BCUT2D eigenvalue weighted by molar-refractivity contribution is 5.85. The smallest absolute Gasteiger partial charge is 0.340 e. The van der Waals surface area contributed by atoms with Gasteiger partial charge in [0, 0.05) is 18.9 Å². The lowest BCUT2D eigenvalue weighted by atomic mass is 9.58. The second kappa shape index (κ2) is 7.20. The molecule has 3 nitrogen and oxygen atoms in total. The summed E-state index contributed by atoms with van der Waals surface area (Å²) in [7, 11) is 1.59. The van der Waals surface area contributed by atoms with E-state index in [1.54, 1.807) is 7.11 Å². The van der Waals surface area contributed by atoms with Crippen LogP contribution in [0, 0.1) is 28.6 Å². The molecule has 0 spiro atoms. The first-order valence-electron chi connectivity index (χ1n) is 11.7. The third-order valence-electron chi connectivity index (χ3n) is 8.87. The molecule has 31 heavy (non-hydrogen) atoms. The Morgan fingerprint density at radius 3 is 2.58 bits per heavy atom. The largest absolute Gasteiger partial charge is 0.459 e. The quantitative estimate of drug-likeness (QED) is 0.421. The zero-order chi connectivity index (χ0) is 22.0. The van der Waals surface area contributed by atoms with Crippen LogP contribution in [0.3, 0.4) is 0 Å². The van der Waals surface area contributed by atoms with Crippen LogP contribution in [0.4, 0.5) is 0 Å². The Balaban J connectivity index is 1.40. The fourth-order valence-electron chi connectivity index (χ4n) is 7.01. The highest BCUT2D eigenvalue weighted by atomic mass is 16.6. The van der Waals surface area contributed by atoms with Crippen molar-refractivity contribution >= 4 is 16.7 Å². The Morgan fingerprint density at radius 2 is 1.84 bits per heavy atom. The standard InChI is InChI=1S/C28H34O3/c1-17-10-13-22(28(4)15-14-21-24(23(17)28)27(21,2)3)31-26(29)25(30-5)20-12-11-18-8-6-7-9-19(18)16-20/h6-12,16,21-25H,13-15H2,1-5H3/t21-,22-,23+,24-,25-,28-/m0/s1. The van der Waals surface area contributed by atoms with Gasteiger partial charge >= 0.3 is 5.97 Å². The van der Waals surface area contributed by atoms with Gasteiger partial charge in [-0.15, -0.1) is 0 Å². The second-order valence-electron chi connectivity index (χ2n) is 10.8. The van der Waals surface area contributed by atoms with Gasteiger partial charge in [0.05, 0.1) is 0 Å². The van der Waals surface area contributed by atoms with Crippen molar-refractivity contribution in [2.24, 2.45) is 28.6 Å². The molecule has 0 radical (unpaired) electrons. The van der Waals surface area contributed by atoms with Gasteiger partial charge in [0.25, 0.3) is 0 Å². The molecule has 0 bridgehead atoms. The lowest BCUT2D eigenvalue weighted by Gasteiger charge is -2.49. The number of fused-ring (bicyclic) bond motifs is 4. The Kier molecular flexibility index (Phi) is 4.82. The van der Waals surface area contributed by atoms with Crippen molar-refractivity contribution < 1.29 is 14.3 Å². The summed E-state index contributed by atoms with van der Waals surface area (Å²) in [6.45, 7) is 9.47. The number of benzene rings is 2. The molecule has 0 unspecified atom stereocenters. The van der Waals surface area contributed by atoms with Crippen molar-refractivity contribution in [3.8, 4) is 0 Å². The minimum Gasteiger partial charge on any atom is -0.459 e.